The highest BCUT2D eigenvalue weighted by Gasteiger charge is 2.14. The summed E-state index contributed by atoms with van der Waals surface area (Å²) in [5.74, 6) is -0.292. The van der Waals surface area contributed by atoms with Gasteiger partial charge >= 0.3 is 0 Å². The van der Waals surface area contributed by atoms with E-state index in [9.17, 15) is 14.9 Å². The van der Waals surface area contributed by atoms with E-state index in [0.29, 0.717) is 16.8 Å². The van der Waals surface area contributed by atoms with Crippen molar-refractivity contribution in [1.29, 1.82) is 0 Å². The van der Waals surface area contributed by atoms with Crippen LogP contribution in [0, 0.1) is 17.0 Å². The standard InChI is InChI=1S/C18H14N2O3/c1-12-9-10-14(11-17(12)20(22)23)19-18(21)16-8-4-6-13-5-2-3-7-15(13)16/h2-11H,1H3,(H,19,21). The molecule has 0 saturated heterocycles. The molecule has 3 rings (SSSR count). The third-order valence-corrected chi connectivity index (χ3v) is 3.70. The number of nitrogens with one attached hydrogen (secondary N) is 1. The Labute approximate surface area is 132 Å². The molecule has 0 spiro atoms. The molecule has 0 fully saturated rings. The van der Waals surface area contributed by atoms with Gasteiger partial charge in [0, 0.05) is 22.9 Å². The lowest BCUT2D eigenvalue weighted by Crippen LogP contribution is -2.12. The fraction of sp³-hybridized carbons (Fsp3) is 0.0556. The number of hydrogen-bond donors (Lipinski definition) is 1. The summed E-state index contributed by atoms with van der Waals surface area (Å²) in [6, 6.07) is 17.7. The van der Waals surface area contributed by atoms with Crippen molar-refractivity contribution in [3.63, 3.8) is 0 Å². The first-order chi connectivity index (χ1) is 11.1. The summed E-state index contributed by atoms with van der Waals surface area (Å²) in [4.78, 5) is 23.1. The first kappa shape index (κ1) is 14.7. The second-order valence-corrected chi connectivity index (χ2v) is 5.24. The summed E-state index contributed by atoms with van der Waals surface area (Å²) < 4.78 is 0. The minimum Gasteiger partial charge on any atom is -0.322 e. The van der Waals surface area contributed by atoms with E-state index in [1.807, 2.05) is 36.4 Å². The maximum atomic E-state index is 12.5. The molecule has 23 heavy (non-hydrogen) atoms. The first-order valence-corrected chi connectivity index (χ1v) is 7.10. The Bertz CT molecular complexity index is 914. The van der Waals surface area contributed by atoms with Gasteiger partial charge in [0.05, 0.1) is 4.92 Å². The van der Waals surface area contributed by atoms with Gasteiger partial charge in [-0.15, -0.1) is 0 Å². The molecule has 0 heterocycles. The zero-order valence-electron chi connectivity index (χ0n) is 12.4. The van der Waals surface area contributed by atoms with Crippen molar-refractivity contribution >= 4 is 28.1 Å². The molecule has 1 amide bonds. The largest absolute Gasteiger partial charge is 0.322 e. The lowest BCUT2D eigenvalue weighted by atomic mass is 10.0. The van der Waals surface area contributed by atoms with Crippen molar-refractivity contribution in [1.82, 2.24) is 0 Å². The van der Waals surface area contributed by atoms with E-state index in [4.69, 9.17) is 0 Å². The van der Waals surface area contributed by atoms with Crippen LogP contribution in [0.3, 0.4) is 0 Å². The molecule has 0 bridgehead atoms. The van der Waals surface area contributed by atoms with Gasteiger partial charge in [-0.2, -0.15) is 0 Å². The quantitative estimate of drug-likeness (QED) is 0.579. The van der Waals surface area contributed by atoms with E-state index in [2.05, 4.69) is 5.32 Å². The Kier molecular flexibility index (Phi) is 3.76. The molecule has 0 aliphatic rings. The second-order valence-electron chi connectivity index (χ2n) is 5.24. The van der Waals surface area contributed by atoms with Gasteiger partial charge < -0.3 is 5.32 Å². The van der Waals surface area contributed by atoms with Crippen molar-refractivity contribution in [2.45, 2.75) is 6.92 Å². The van der Waals surface area contributed by atoms with E-state index in [1.165, 1.54) is 6.07 Å². The summed E-state index contributed by atoms with van der Waals surface area (Å²) in [5, 5.41) is 15.5. The Hall–Kier alpha value is -3.21. The molecule has 114 valence electrons. The molecule has 0 aliphatic carbocycles. The highest BCUT2D eigenvalue weighted by atomic mass is 16.6. The monoisotopic (exact) mass is 306 g/mol. The van der Waals surface area contributed by atoms with Gasteiger partial charge in [0.15, 0.2) is 0 Å². The number of nitro groups is 1. The normalized spacial score (nSPS) is 10.5. The third kappa shape index (κ3) is 2.89. The molecule has 0 aromatic heterocycles. The smallest absolute Gasteiger partial charge is 0.274 e. The van der Waals surface area contributed by atoms with Crippen molar-refractivity contribution in [2.24, 2.45) is 0 Å². The van der Waals surface area contributed by atoms with Crippen LogP contribution < -0.4 is 5.32 Å². The summed E-state index contributed by atoms with van der Waals surface area (Å²) in [5.41, 5.74) is 1.48. The number of nitro benzene ring substituents is 1. The number of nitrogens with zero attached hydrogens (tertiary/aromatic N) is 1. The molecule has 0 atom stereocenters. The topological polar surface area (TPSA) is 72.2 Å². The minimum absolute atomic E-state index is 0.0132. The van der Waals surface area contributed by atoms with Crippen LogP contribution in [0.1, 0.15) is 15.9 Å². The van der Waals surface area contributed by atoms with Crippen LogP contribution in [0.4, 0.5) is 11.4 Å². The lowest BCUT2D eigenvalue weighted by molar-refractivity contribution is -0.385. The molecule has 5 heteroatoms. The van der Waals surface area contributed by atoms with Crippen molar-refractivity contribution < 1.29 is 9.72 Å². The fourth-order valence-corrected chi connectivity index (χ4v) is 2.51. The average molecular weight is 306 g/mol. The van der Waals surface area contributed by atoms with Gasteiger partial charge in [0.25, 0.3) is 11.6 Å². The number of rotatable bonds is 3. The Morgan fingerprint density at radius 1 is 1.04 bits per heavy atom. The molecule has 0 radical (unpaired) electrons. The zero-order valence-corrected chi connectivity index (χ0v) is 12.4. The molecular weight excluding hydrogens is 292 g/mol. The van der Waals surface area contributed by atoms with Gasteiger partial charge in [-0.05, 0) is 29.8 Å². The van der Waals surface area contributed by atoms with Gasteiger partial charge in [-0.25, -0.2) is 0 Å². The molecule has 0 saturated carbocycles. The number of hydrogen-bond acceptors (Lipinski definition) is 3. The maximum absolute atomic E-state index is 12.5. The molecule has 3 aromatic rings. The van der Waals surface area contributed by atoms with Gasteiger partial charge in [0.1, 0.15) is 0 Å². The molecule has 3 aromatic carbocycles. The van der Waals surface area contributed by atoms with Crippen molar-refractivity contribution in [3.8, 4) is 0 Å². The van der Waals surface area contributed by atoms with E-state index >= 15 is 0 Å². The van der Waals surface area contributed by atoms with Crippen LogP contribution in [-0.4, -0.2) is 10.8 Å². The number of amides is 1. The fourth-order valence-electron chi connectivity index (χ4n) is 2.51. The highest BCUT2D eigenvalue weighted by Crippen LogP contribution is 2.24. The SMILES string of the molecule is Cc1ccc(NC(=O)c2cccc3ccccc23)cc1[N+](=O)[O-]. The summed E-state index contributed by atoms with van der Waals surface area (Å²) in [7, 11) is 0. The lowest BCUT2D eigenvalue weighted by Gasteiger charge is -2.08. The van der Waals surface area contributed by atoms with Gasteiger partial charge in [-0.3, -0.25) is 14.9 Å². The molecule has 0 aliphatic heterocycles. The predicted molar refractivity (Wildman–Crippen MR) is 89.7 cm³/mol. The average Bonchev–Trinajstić information content (AvgIpc) is 2.55. The van der Waals surface area contributed by atoms with Crippen LogP contribution >= 0.6 is 0 Å². The van der Waals surface area contributed by atoms with E-state index in [-0.39, 0.29) is 11.6 Å². The second kappa shape index (κ2) is 5.88. The van der Waals surface area contributed by atoms with Crippen LogP contribution in [0.15, 0.2) is 60.7 Å². The zero-order chi connectivity index (χ0) is 16.4. The highest BCUT2D eigenvalue weighted by molar-refractivity contribution is 6.13. The molecule has 1 N–H and O–H groups in total. The van der Waals surface area contributed by atoms with Crippen LogP contribution in [0.5, 0.6) is 0 Å². The molecule has 0 unspecified atom stereocenters. The van der Waals surface area contributed by atoms with E-state index < -0.39 is 4.92 Å². The van der Waals surface area contributed by atoms with Crippen LogP contribution in [-0.2, 0) is 0 Å². The predicted octanol–water partition coefficient (Wildman–Crippen LogP) is 4.31. The third-order valence-electron chi connectivity index (χ3n) is 3.70. The maximum Gasteiger partial charge on any atom is 0.274 e. The minimum atomic E-state index is -0.455. The number of carbonyl (C=O) groups is 1. The van der Waals surface area contributed by atoms with Crippen molar-refractivity contribution in [3.05, 3.63) is 81.9 Å². The first-order valence-electron chi connectivity index (χ1n) is 7.10. The number of carbonyl (C=O) groups excluding carboxylic acids is 1. The Balaban J connectivity index is 1.95. The summed E-state index contributed by atoms with van der Waals surface area (Å²) in [6.45, 7) is 1.66. The van der Waals surface area contributed by atoms with E-state index in [0.717, 1.165) is 10.8 Å². The number of benzene rings is 3. The van der Waals surface area contributed by atoms with Gasteiger partial charge in [0.2, 0.25) is 0 Å². The molecule has 5 nitrogen and oxygen atoms in total. The number of anilines is 1. The van der Waals surface area contributed by atoms with E-state index in [1.54, 1.807) is 25.1 Å². The molecular formula is C18H14N2O3. The Morgan fingerprint density at radius 3 is 2.57 bits per heavy atom. The van der Waals surface area contributed by atoms with Crippen LogP contribution in [0.25, 0.3) is 10.8 Å². The number of fused-ring (bicyclic) bond motifs is 1. The van der Waals surface area contributed by atoms with Crippen molar-refractivity contribution in [2.75, 3.05) is 5.32 Å². The Morgan fingerprint density at radius 2 is 1.78 bits per heavy atom. The number of aryl methyl sites for hydroxylation is 1. The summed E-state index contributed by atoms with van der Waals surface area (Å²) in [6.07, 6.45) is 0. The van der Waals surface area contributed by atoms with Crippen LogP contribution in [0.2, 0.25) is 0 Å². The van der Waals surface area contributed by atoms with Gasteiger partial charge in [-0.1, -0.05) is 42.5 Å². The summed E-state index contributed by atoms with van der Waals surface area (Å²) >= 11 is 0.